The number of hydrogen-bond acceptors (Lipinski definition) is 3. The van der Waals surface area contributed by atoms with Crippen molar-refractivity contribution in [2.45, 2.75) is 31.6 Å². The number of nitrogens with one attached hydrogen (secondary N) is 1. The van der Waals surface area contributed by atoms with Crippen molar-refractivity contribution in [3.8, 4) is 0 Å². The van der Waals surface area contributed by atoms with Gasteiger partial charge in [-0.1, -0.05) is 32.0 Å². The van der Waals surface area contributed by atoms with Crippen LogP contribution in [0.3, 0.4) is 0 Å². The molecule has 0 aliphatic rings. The lowest BCUT2D eigenvalue weighted by molar-refractivity contribution is -0.119. The number of carbonyl (C=O) groups is 1. The van der Waals surface area contributed by atoms with Crippen molar-refractivity contribution in [2.24, 2.45) is 5.41 Å². The molecule has 0 unspecified atom stereocenters. The van der Waals surface area contributed by atoms with E-state index in [1.54, 1.807) is 11.8 Å². The average molecular weight is 281 g/mol. The quantitative estimate of drug-likeness (QED) is 0.720. The summed E-state index contributed by atoms with van der Waals surface area (Å²) >= 11 is 1.54. The Hall–Kier alpha value is -1.00. The van der Waals surface area contributed by atoms with Crippen molar-refractivity contribution >= 4 is 17.7 Å². The molecule has 1 aromatic carbocycles. The van der Waals surface area contributed by atoms with Gasteiger partial charge in [-0.3, -0.25) is 4.79 Å². The van der Waals surface area contributed by atoms with E-state index in [9.17, 15) is 4.79 Å². The van der Waals surface area contributed by atoms with Crippen molar-refractivity contribution < 1.29 is 9.90 Å². The zero-order chi connectivity index (χ0) is 14.1. The molecule has 0 aliphatic carbocycles. The second-order valence-electron chi connectivity index (χ2n) is 5.37. The highest BCUT2D eigenvalue weighted by atomic mass is 32.2. The number of rotatable bonds is 8. The first-order valence-corrected chi connectivity index (χ1v) is 7.57. The van der Waals surface area contributed by atoms with Gasteiger partial charge in [0.15, 0.2) is 0 Å². The Balaban J connectivity index is 2.24. The van der Waals surface area contributed by atoms with Crippen molar-refractivity contribution in [3.05, 3.63) is 30.3 Å². The van der Waals surface area contributed by atoms with Crippen molar-refractivity contribution in [1.82, 2.24) is 5.32 Å². The summed E-state index contributed by atoms with van der Waals surface area (Å²) in [5.41, 5.74) is 0.0375. The summed E-state index contributed by atoms with van der Waals surface area (Å²) in [7, 11) is 0. The fourth-order valence-electron chi connectivity index (χ4n) is 1.70. The maximum atomic E-state index is 11.8. The van der Waals surface area contributed by atoms with Crippen LogP contribution in [0.15, 0.2) is 35.2 Å². The molecule has 19 heavy (non-hydrogen) atoms. The smallest absolute Gasteiger partial charge is 0.230 e. The molecule has 0 saturated carbocycles. The van der Waals surface area contributed by atoms with Crippen LogP contribution in [0.4, 0.5) is 0 Å². The number of benzene rings is 1. The van der Waals surface area contributed by atoms with Gasteiger partial charge >= 0.3 is 0 Å². The van der Waals surface area contributed by atoms with Crippen LogP contribution in [-0.4, -0.2) is 29.9 Å². The predicted molar refractivity (Wildman–Crippen MR) is 80.3 cm³/mol. The molecule has 0 saturated heterocycles. The first-order valence-electron chi connectivity index (χ1n) is 6.59. The summed E-state index contributed by atoms with van der Waals surface area (Å²) in [4.78, 5) is 12.9. The average Bonchev–Trinajstić information content (AvgIpc) is 2.42. The molecule has 0 fully saturated rings. The Labute approximate surface area is 119 Å². The molecule has 1 aromatic rings. The van der Waals surface area contributed by atoms with Crippen molar-refractivity contribution in [1.29, 1.82) is 0 Å². The molecule has 1 rings (SSSR count). The minimum absolute atomic E-state index is 0.0375. The lowest BCUT2D eigenvalue weighted by atomic mass is 9.88. The minimum atomic E-state index is 0.0375. The van der Waals surface area contributed by atoms with Gasteiger partial charge in [0.25, 0.3) is 0 Å². The lowest BCUT2D eigenvalue weighted by Gasteiger charge is -2.24. The Morgan fingerprint density at radius 3 is 2.63 bits per heavy atom. The van der Waals surface area contributed by atoms with Crippen molar-refractivity contribution in [3.63, 3.8) is 0 Å². The van der Waals surface area contributed by atoms with E-state index in [0.29, 0.717) is 12.3 Å². The van der Waals surface area contributed by atoms with E-state index in [-0.39, 0.29) is 17.9 Å². The number of aliphatic hydroxyl groups is 1. The molecule has 1 amide bonds. The van der Waals surface area contributed by atoms with E-state index in [4.69, 9.17) is 5.11 Å². The van der Waals surface area contributed by atoms with Crippen LogP contribution in [0.25, 0.3) is 0 Å². The van der Waals surface area contributed by atoms with E-state index >= 15 is 0 Å². The largest absolute Gasteiger partial charge is 0.396 e. The van der Waals surface area contributed by atoms with Crippen LogP contribution in [0.5, 0.6) is 0 Å². The fraction of sp³-hybridized carbons (Fsp3) is 0.533. The van der Waals surface area contributed by atoms with Crippen LogP contribution in [0, 0.1) is 5.41 Å². The number of aliphatic hydroxyl groups excluding tert-OH is 1. The summed E-state index contributed by atoms with van der Waals surface area (Å²) in [5, 5.41) is 11.8. The van der Waals surface area contributed by atoms with Gasteiger partial charge in [0.05, 0.1) is 5.75 Å². The van der Waals surface area contributed by atoms with Gasteiger partial charge in [-0.2, -0.15) is 0 Å². The number of carbonyl (C=O) groups excluding carboxylic acids is 1. The van der Waals surface area contributed by atoms with E-state index < -0.39 is 0 Å². The number of amides is 1. The van der Waals surface area contributed by atoms with E-state index in [1.165, 1.54) is 0 Å². The van der Waals surface area contributed by atoms with Gasteiger partial charge < -0.3 is 10.4 Å². The molecule has 0 atom stereocenters. The molecule has 0 radical (unpaired) electrons. The zero-order valence-corrected chi connectivity index (χ0v) is 12.5. The maximum Gasteiger partial charge on any atom is 0.230 e. The molecular weight excluding hydrogens is 258 g/mol. The van der Waals surface area contributed by atoms with E-state index in [2.05, 4.69) is 19.2 Å². The van der Waals surface area contributed by atoms with Crippen LogP contribution >= 0.6 is 11.8 Å². The van der Waals surface area contributed by atoms with E-state index in [0.717, 1.165) is 17.7 Å². The molecule has 0 bridgehead atoms. The highest BCUT2D eigenvalue weighted by Crippen LogP contribution is 2.21. The Morgan fingerprint density at radius 2 is 2.00 bits per heavy atom. The molecule has 0 spiro atoms. The number of hydrogen-bond donors (Lipinski definition) is 2. The van der Waals surface area contributed by atoms with Crippen LogP contribution < -0.4 is 5.32 Å². The summed E-state index contributed by atoms with van der Waals surface area (Å²) in [5.74, 6) is 0.506. The summed E-state index contributed by atoms with van der Waals surface area (Å²) < 4.78 is 0. The second-order valence-corrected chi connectivity index (χ2v) is 6.42. The Kier molecular flexibility index (Phi) is 6.95. The second kappa shape index (κ2) is 8.23. The molecule has 4 heteroatoms. The summed E-state index contributed by atoms with van der Waals surface area (Å²) in [6, 6.07) is 9.91. The fourth-order valence-corrected chi connectivity index (χ4v) is 2.45. The molecule has 0 aliphatic heterocycles. The minimum Gasteiger partial charge on any atom is -0.396 e. The van der Waals surface area contributed by atoms with Gasteiger partial charge in [-0.15, -0.1) is 11.8 Å². The highest BCUT2D eigenvalue weighted by molar-refractivity contribution is 8.00. The van der Waals surface area contributed by atoms with Crippen LogP contribution in [0.1, 0.15) is 26.7 Å². The topological polar surface area (TPSA) is 49.3 Å². The Bertz CT molecular complexity index is 379. The summed E-state index contributed by atoms with van der Waals surface area (Å²) in [6.45, 7) is 5.07. The van der Waals surface area contributed by atoms with Gasteiger partial charge in [-0.05, 0) is 30.4 Å². The van der Waals surface area contributed by atoms with Crippen LogP contribution in [0.2, 0.25) is 0 Å². The molecular formula is C15H23NO2S. The third-order valence-corrected chi connectivity index (χ3v) is 3.90. The Morgan fingerprint density at radius 1 is 1.32 bits per heavy atom. The van der Waals surface area contributed by atoms with Crippen molar-refractivity contribution in [2.75, 3.05) is 18.9 Å². The predicted octanol–water partition coefficient (Wildman–Crippen LogP) is 2.69. The SMILES string of the molecule is CC(C)(CCCO)CNC(=O)CSc1ccccc1. The lowest BCUT2D eigenvalue weighted by Crippen LogP contribution is -2.35. The molecule has 3 nitrogen and oxygen atoms in total. The van der Waals surface area contributed by atoms with E-state index in [1.807, 2.05) is 30.3 Å². The third kappa shape index (κ3) is 7.23. The molecule has 2 N–H and O–H groups in total. The zero-order valence-electron chi connectivity index (χ0n) is 11.7. The van der Waals surface area contributed by atoms with Gasteiger partial charge in [0, 0.05) is 18.0 Å². The van der Waals surface area contributed by atoms with Crippen LogP contribution in [-0.2, 0) is 4.79 Å². The van der Waals surface area contributed by atoms with Gasteiger partial charge in [0.2, 0.25) is 5.91 Å². The first kappa shape index (κ1) is 16.1. The molecule has 0 heterocycles. The first-order chi connectivity index (χ1) is 9.03. The van der Waals surface area contributed by atoms with Gasteiger partial charge in [-0.25, -0.2) is 0 Å². The van der Waals surface area contributed by atoms with Gasteiger partial charge in [0.1, 0.15) is 0 Å². The summed E-state index contributed by atoms with van der Waals surface area (Å²) in [6.07, 6.45) is 1.69. The normalized spacial score (nSPS) is 11.3. The maximum absolute atomic E-state index is 11.8. The molecule has 106 valence electrons. The number of thioether (sulfide) groups is 1. The standard InChI is InChI=1S/C15H23NO2S/c1-15(2,9-6-10-17)12-16-14(18)11-19-13-7-4-3-5-8-13/h3-5,7-8,17H,6,9-12H2,1-2H3,(H,16,18). The molecule has 0 aromatic heterocycles. The highest BCUT2D eigenvalue weighted by Gasteiger charge is 2.18. The monoisotopic (exact) mass is 281 g/mol. The third-order valence-electron chi connectivity index (χ3n) is 2.89.